The third kappa shape index (κ3) is 4.18. The molecule has 0 N–H and O–H groups in total. The molecule has 0 bridgehead atoms. The van der Waals surface area contributed by atoms with Crippen LogP contribution >= 0.6 is 0 Å². The highest BCUT2D eigenvalue weighted by Crippen LogP contribution is 2.32. The summed E-state index contributed by atoms with van der Waals surface area (Å²) in [7, 11) is 0. The lowest BCUT2D eigenvalue weighted by Crippen LogP contribution is -2.51. The maximum Gasteiger partial charge on any atom is 0.416 e. The second-order valence-electron chi connectivity index (χ2n) is 7.62. The molecule has 2 saturated heterocycles. The van der Waals surface area contributed by atoms with Gasteiger partial charge in [-0.2, -0.15) is 13.2 Å². The summed E-state index contributed by atoms with van der Waals surface area (Å²) in [6.07, 6.45) is -4.20. The molecule has 4 rings (SSSR count). The number of amides is 2. The van der Waals surface area contributed by atoms with Crippen molar-refractivity contribution in [2.24, 2.45) is 0 Å². The van der Waals surface area contributed by atoms with E-state index in [4.69, 9.17) is 0 Å². The second kappa shape index (κ2) is 8.10. The summed E-state index contributed by atoms with van der Waals surface area (Å²) in [5.41, 5.74) is 0.706. The number of anilines is 1. The molecule has 0 aromatic heterocycles. The molecule has 8 heteroatoms. The van der Waals surface area contributed by atoms with Gasteiger partial charge in [-0.1, -0.05) is 36.4 Å². The van der Waals surface area contributed by atoms with Crippen molar-refractivity contribution in [2.45, 2.75) is 18.5 Å². The van der Waals surface area contributed by atoms with Crippen molar-refractivity contribution >= 4 is 17.5 Å². The van der Waals surface area contributed by atoms with Gasteiger partial charge >= 0.3 is 6.18 Å². The Morgan fingerprint density at radius 1 is 0.900 bits per heavy atom. The van der Waals surface area contributed by atoms with Crippen LogP contribution in [-0.2, 0) is 15.8 Å². The van der Waals surface area contributed by atoms with Crippen LogP contribution in [-0.4, -0.2) is 54.5 Å². The Morgan fingerprint density at radius 3 is 2.27 bits per heavy atom. The van der Waals surface area contributed by atoms with E-state index in [-0.39, 0.29) is 24.9 Å². The molecule has 2 heterocycles. The number of hydrogen-bond donors (Lipinski definition) is 0. The monoisotopic (exact) mass is 417 g/mol. The van der Waals surface area contributed by atoms with Crippen molar-refractivity contribution in [2.75, 3.05) is 37.7 Å². The predicted molar refractivity (Wildman–Crippen MR) is 106 cm³/mol. The first kappa shape index (κ1) is 20.4. The fourth-order valence-electron chi connectivity index (χ4n) is 4.00. The van der Waals surface area contributed by atoms with Crippen LogP contribution in [0.15, 0.2) is 54.6 Å². The Kier molecular flexibility index (Phi) is 5.51. The fourth-order valence-corrected chi connectivity index (χ4v) is 4.00. The number of nitrogens with zero attached hydrogens (tertiary/aromatic N) is 3. The molecule has 30 heavy (non-hydrogen) atoms. The highest BCUT2D eigenvalue weighted by Gasteiger charge is 2.40. The molecule has 0 aliphatic carbocycles. The topological polar surface area (TPSA) is 43.9 Å². The molecule has 1 atom stereocenters. The predicted octanol–water partition coefficient (Wildman–Crippen LogP) is 3.33. The fraction of sp³-hybridized carbons (Fsp3) is 0.364. The number of carbonyl (C=O) groups is 2. The molecule has 2 amide bonds. The maximum absolute atomic E-state index is 13.0. The first-order valence-corrected chi connectivity index (χ1v) is 9.86. The molecular formula is C22H22F3N3O2. The zero-order valence-corrected chi connectivity index (χ0v) is 16.3. The minimum atomic E-state index is -4.37. The quantitative estimate of drug-likeness (QED) is 0.716. The van der Waals surface area contributed by atoms with E-state index in [0.717, 1.165) is 17.7 Å². The van der Waals surface area contributed by atoms with Crippen molar-refractivity contribution in [3.05, 3.63) is 65.7 Å². The van der Waals surface area contributed by atoms with Crippen LogP contribution in [0.4, 0.5) is 18.9 Å². The van der Waals surface area contributed by atoms with E-state index in [1.54, 1.807) is 6.07 Å². The van der Waals surface area contributed by atoms with Crippen LogP contribution in [0, 0.1) is 0 Å². The molecule has 0 spiro atoms. The summed E-state index contributed by atoms with van der Waals surface area (Å²) < 4.78 is 38.9. The van der Waals surface area contributed by atoms with Crippen molar-refractivity contribution in [1.29, 1.82) is 0 Å². The molecule has 0 saturated carbocycles. The molecule has 2 aliphatic rings. The van der Waals surface area contributed by atoms with Crippen LogP contribution in [0.1, 0.15) is 23.5 Å². The number of alkyl halides is 3. The van der Waals surface area contributed by atoms with Gasteiger partial charge in [0.1, 0.15) is 0 Å². The summed E-state index contributed by atoms with van der Waals surface area (Å²) in [4.78, 5) is 30.4. The van der Waals surface area contributed by atoms with Crippen molar-refractivity contribution in [3.63, 3.8) is 0 Å². The number of piperazine rings is 1. The molecule has 5 nitrogen and oxygen atoms in total. The van der Waals surface area contributed by atoms with Crippen molar-refractivity contribution in [3.8, 4) is 0 Å². The number of benzene rings is 2. The molecular weight excluding hydrogens is 395 g/mol. The van der Waals surface area contributed by atoms with Gasteiger partial charge in [0.2, 0.25) is 11.8 Å². The van der Waals surface area contributed by atoms with E-state index in [9.17, 15) is 22.8 Å². The number of halogens is 3. The first-order chi connectivity index (χ1) is 14.3. The van der Waals surface area contributed by atoms with Gasteiger partial charge in [-0.25, -0.2) is 0 Å². The maximum atomic E-state index is 13.0. The Morgan fingerprint density at radius 2 is 1.60 bits per heavy atom. The lowest BCUT2D eigenvalue weighted by Gasteiger charge is -2.37. The van der Waals surface area contributed by atoms with Gasteiger partial charge < -0.3 is 4.90 Å². The smallest absolute Gasteiger partial charge is 0.369 e. The number of imide groups is 1. The Bertz CT molecular complexity index is 925. The minimum Gasteiger partial charge on any atom is -0.369 e. The zero-order valence-electron chi connectivity index (χ0n) is 16.3. The van der Waals surface area contributed by atoms with E-state index >= 15 is 0 Å². The van der Waals surface area contributed by atoms with Gasteiger partial charge in [-0.15, -0.1) is 0 Å². The lowest BCUT2D eigenvalue weighted by molar-refractivity contribution is -0.141. The summed E-state index contributed by atoms with van der Waals surface area (Å²) in [6, 6.07) is 14.6. The average molecular weight is 417 g/mol. The number of likely N-dealkylation sites (tertiary alicyclic amines) is 1. The lowest BCUT2D eigenvalue weighted by atomic mass is 9.98. The molecule has 0 radical (unpaired) electrons. The zero-order chi connectivity index (χ0) is 21.3. The third-order valence-corrected chi connectivity index (χ3v) is 5.70. The van der Waals surface area contributed by atoms with Gasteiger partial charge in [-0.05, 0) is 23.8 Å². The molecule has 158 valence electrons. The van der Waals surface area contributed by atoms with Crippen LogP contribution < -0.4 is 4.90 Å². The molecule has 2 aromatic carbocycles. The molecule has 2 aromatic rings. The van der Waals surface area contributed by atoms with E-state index in [1.165, 1.54) is 11.0 Å². The molecule has 2 fully saturated rings. The third-order valence-electron chi connectivity index (χ3n) is 5.70. The van der Waals surface area contributed by atoms with E-state index in [0.29, 0.717) is 31.9 Å². The summed E-state index contributed by atoms with van der Waals surface area (Å²) in [5, 5.41) is 0. The average Bonchev–Trinajstić information content (AvgIpc) is 3.03. The Hall–Kier alpha value is -2.87. The highest BCUT2D eigenvalue weighted by molar-refractivity contribution is 6.06. The van der Waals surface area contributed by atoms with E-state index < -0.39 is 17.7 Å². The van der Waals surface area contributed by atoms with E-state index in [1.807, 2.05) is 40.1 Å². The normalized spacial score (nSPS) is 20.8. The first-order valence-electron chi connectivity index (χ1n) is 9.86. The minimum absolute atomic E-state index is 0.174. The Balaban J connectivity index is 1.36. The highest BCUT2D eigenvalue weighted by atomic mass is 19.4. The standard InChI is InChI=1S/C22H22F3N3O2/c23-22(24,25)17-7-4-8-18(13-17)27-11-9-26(10-12-27)15-28-20(29)14-19(21(28)30)16-5-2-1-3-6-16/h1-8,13,19H,9-12,14-15H2. The van der Waals surface area contributed by atoms with Gasteiger partial charge in [0, 0.05) is 38.3 Å². The molecule has 2 aliphatic heterocycles. The molecule has 1 unspecified atom stereocenters. The van der Waals surface area contributed by atoms with Crippen LogP contribution in [0.25, 0.3) is 0 Å². The van der Waals surface area contributed by atoms with Gasteiger partial charge in [0.25, 0.3) is 0 Å². The number of rotatable bonds is 4. The summed E-state index contributed by atoms with van der Waals surface area (Å²) in [6.45, 7) is 2.39. The largest absolute Gasteiger partial charge is 0.416 e. The van der Waals surface area contributed by atoms with E-state index in [2.05, 4.69) is 0 Å². The van der Waals surface area contributed by atoms with Crippen molar-refractivity contribution < 1.29 is 22.8 Å². The Labute approximate surface area is 172 Å². The van der Waals surface area contributed by atoms with Gasteiger partial charge in [0.05, 0.1) is 18.2 Å². The van der Waals surface area contributed by atoms with Crippen LogP contribution in [0.3, 0.4) is 0 Å². The summed E-state index contributed by atoms with van der Waals surface area (Å²) >= 11 is 0. The van der Waals surface area contributed by atoms with Gasteiger partial charge in [0.15, 0.2) is 0 Å². The number of hydrogen-bond acceptors (Lipinski definition) is 4. The SMILES string of the molecule is O=C1CC(c2ccccc2)C(=O)N1CN1CCN(c2cccc(C(F)(F)F)c2)CC1. The van der Waals surface area contributed by atoms with Crippen LogP contribution in [0.5, 0.6) is 0 Å². The van der Waals surface area contributed by atoms with Crippen LogP contribution in [0.2, 0.25) is 0 Å². The summed E-state index contributed by atoms with van der Waals surface area (Å²) in [5.74, 6) is -0.814. The van der Waals surface area contributed by atoms with Gasteiger partial charge in [-0.3, -0.25) is 19.4 Å². The van der Waals surface area contributed by atoms with Crippen molar-refractivity contribution in [1.82, 2.24) is 9.80 Å². The second-order valence-corrected chi connectivity index (χ2v) is 7.62. The number of carbonyl (C=O) groups excluding carboxylic acids is 2.